The Labute approximate surface area is 79.7 Å². The molecule has 13 heavy (non-hydrogen) atoms. The van der Waals surface area contributed by atoms with Gasteiger partial charge in [-0.15, -0.1) is 6.58 Å². The molecule has 1 heteroatoms. The maximum atomic E-state index is 9.44. The van der Waals surface area contributed by atoms with E-state index in [-0.39, 0.29) is 6.10 Å². The standard InChI is InChI=1S/C12H16O/c1-2-6-12(13)10-9-11-7-4-3-5-8-11/h2-5,7-8,12-13H,1,6,9-10H2/t12-/m1/s1. The lowest BCUT2D eigenvalue weighted by atomic mass is 10.1. The predicted molar refractivity (Wildman–Crippen MR) is 55.6 cm³/mol. The second-order valence-corrected chi connectivity index (χ2v) is 3.20. The summed E-state index contributed by atoms with van der Waals surface area (Å²) in [6.45, 7) is 3.60. The molecule has 1 N–H and O–H groups in total. The van der Waals surface area contributed by atoms with E-state index in [0.717, 1.165) is 12.8 Å². The molecule has 1 aromatic carbocycles. The van der Waals surface area contributed by atoms with Crippen LogP contribution in [0.1, 0.15) is 18.4 Å². The van der Waals surface area contributed by atoms with Crippen LogP contribution in [0, 0.1) is 0 Å². The lowest BCUT2D eigenvalue weighted by molar-refractivity contribution is 0.168. The number of aliphatic hydroxyl groups is 1. The van der Waals surface area contributed by atoms with Crippen LogP contribution in [0.3, 0.4) is 0 Å². The van der Waals surface area contributed by atoms with Crippen LogP contribution in [0.2, 0.25) is 0 Å². The largest absolute Gasteiger partial charge is 0.393 e. The Hall–Kier alpha value is -1.08. The molecule has 70 valence electrons. The van der Waals surface area contributed by atoms with Gasteiger partial charge in [0.2, 0.25) is 0 Å². The summed E-state index contributed by atoms with van der Waals surface area (Å²) in [6.07, 6.45) is 3.96. The lowest BCUT2D eigenvalue weighted by Gasteiger charge is -2.06. The molecule has 1 atom stereocenters. The number of hydrogen-bond donors (Lipinski definition) is 1. The smallest absolute Gasteiger partial charge is 0.0577 e. The van der Waals surface area contributed by atoms with E-state index in [2.05, 4.69) is 18.7 Å². The Bertz CT molecular complexity index is 241. The van der Waals surface area contributed by atoms with E-state index < -0.39 is 0 Å². The second kappa shape index (κ2) is 5.55. The van der Waals surface area contributed by atoms with Gasteiger partial charge in [0.1, 0.15) is 0 Å². The minimum atomic E-state index is -0.238. The van der Waals surface area contributed by atoms with Crippen molar-refractivity contribution < 1.29 is 5.11 Å². The fraction of sp³-hybridized carbons (Fsp3) is 0.333. The molecule has 0 saturated carbocycles. The van der Waals surface area contributed by atoms with Crippen LogP contribution in [-0.2, 0) is 6.42 Å². The Morgan fingerprint density at radius 1 is 1.31 bits per heavy atom. The van der Waals surface area contributed by atoms with Gasteiger partial charge in [0.15, 0.2) is 0 Å². The molecule has 0 aromatic heterocycles. The van der Waals surface area contributed by atoms with E-state index in [1.54, 1.807) is 6.08 Å². The summed E-state index contributed by atoms with van der Waals surface area (Å²) in [4.78, 5) is 0. The first-order chi connectivity index (χ1) is 6.33. The van der Waals surface area contributed by atoms with Crippen LogP contribution in [0.5, 0.6) is 0 Å². The van der Waals surface area contributed by atoms with E-state index in [1.807, 2.05) is 18.2 Å². The summed E-state index contributed by atoms with van der Waals surface area (Å²) in [7, 11) is 0. The van der Waals surface area contributed by atoms with Crippen LogP contribution in [-0.4, -0.2) is 11.2 Å². The van der Waals surface area contributed by atoms with Gasteiger partial charge in [-0.3, -0.25) is 0 Å². The third kappa shape index (κ3) is 3.90. The Morgan fingerprint density at radius 2 is 2.00 bits per heavy atom. The molecule has 0 spiro atoms. The van der Waals surface area contributed by atoms with Crippen molar-refractivity contribution in [3.8, 4) is 0 Å². The summed E-state index contributed by atoms with van der Waals surface area (Å²) in [5, 5.41) is 9.44. The number of rotatable bonds is 5. The van der Waals surface area contributed by atoms with Gasteiger partial charge in [-0.25, -0.2) is 0 Å². The van der Waals surface area contributed by atoms with Crippen molar-refractivity contribution in [1.29, 1.82) is 0 Å². The first kappa shape index (κ1) is 10.0. The summed E-state index contributed by atoms with van der Waals surface area (Å²) >= 11 is 0. The predicted octanol–water partition coefficient (Wildman–Crippen LogP) is 2.56. The van der Waals surface area contributed by atoms with E-state index >= 15 is 0 Å². The molecule has 1 aromatic rings. The molecular weight excluding hydrogens is 160 g/mol. The number of aryl methyl sites for hydroxylation is 1. The number of aliphatic hydroxyl groups excluding tert-OH is 1. The lowest BCUT2D eigenvalue weighted by Crippen LogP contribution is -2.05. The van der Waals surface area contributed by atoms with Crippen LogP contribution < -0.4 is 0 Å². The van der Waals surface area contributed by atoms with Gasteiger partial charge < -0.3 is 5.11 Å². The normalized spacial score (nSPS) is 12.4. The van der Waals surface area contributed by atoms with Gasteiger partial charge in [-0.2, -0.15) is 0 Å². The first-order valence-corrected chi connectivity index (χ1v) is 4.66. The highest BCUT2D eigenvalue weighted by Crippen LogP contribution is 2.06. The van der Waals surface area contributed by atoms with E-state index in [4.69, 9.17) is 0 Å². The number of benzene rings is 1. The molecule has 0 heterocycles. The molecule has 1 rings (SSSR count). The van der Waals surface area contributed by atoms with Gasteiger partial charge >= 0.3 is 0 Å². The molecule has 1 nitrogen and oxygen atoms in total. The molecule has 0 aliphatic heterocycles. The molecule has 0 aliphatic carbocycles. The first-order valence-electron chi connectivity index (χ1n) is 4.66. The Kier molecular flexibility index (Phi) is 4.27. The van der Waals surface area contributed by atoms with Gasteiger partial charge in [0, 0.05) is 0 Å². The van der Waals surface area contributed by atoms with Gasteiger partial charge in [-0.05, 0) is 24.8 Å². The molecule has 0 bridgehead atoms. The summed E-state index contributed by atoms with van der Waals surface area (Å²) in [5.74, 6) is 0. The SMILES string of the molecule is C=CC[C@@H](O)CCc1ccccc1. The van der Waals surface area contributed by atoms with Crippen molar-refractivity contribution in [3.05, 3.63) is 48.6 Å². The summed E-state index contributed by atoms with van der Waals surface area (Å²) in [6, 6.07) is 10.2. The second-order valence-electron chi connectivity index (χ2n) is 3.20. The fourth-order valence-corrected chi connectivity index (χ4v) is 1.29. The van der Waals surface area contributed by atoms with Crippen LogP contribution in [0.4, 0.5) is 0 Å². The van der Waals surface area contributed by atoms with Crippen LogP contribution in [0.25, 0.3) is 0 Å². The van der Waals surface area contributed by atoms with Crippen molar-refractivity contribution in [3.63, 3.8) is 0 Å². The van der Waals surface area contributed by atoms with Gasteiger partial charge in [0.05, 0.1) is 6.10 Å². The number of hydrogen-bond acceptors (Lipinski definition) is 1. The maximum absolute atomic E-state index is 9.44. The Balaban J connectivity index is 2.30. The van der Waals surface area contributed by atoms with E-state index in [1.165, 1.54) is 5.56 Å². The monoisotopic (exact) mass is 176 g/mol. The van der Waals surface area contributed by atoms with Crippen molar-refractivity contribution in [2.75, 3.05) is 0 Å². The van der Waals surface area contributed by atoms with Gasteiger partial charge in [-0.1, -0.05) is 36.4 Å². The van der Waals surface area contributed by atoms with E-state index in [0.29, 0.717) is 6.42 Å². The minimum Gasteiger partial charge on any atom is -0.393 e. The molecule has 0 radical (unpaired) electrons. The molecule has 0 fully saturated rings. The third-order valence-electron chi connectivity index (χ3n) is 2.05. The van der Waals surface area contributed by atoms with E-state index in [9.17, 15) is 5.11 Å². The molecule has 0 aliphatic rings. The molecule has 0 saturated heterocycles. The zero-order valence-electron chi connectivity index (χ0n) is 7.82. The molecular formula is C12H16O. The van der Waals surface area contributed by atoms with Crippen LogP contribution >= 0.6 is 0 Å². The van der Waals surface area contributed by atoms with Crippen LogP contribution in [0.15, 0.2) is 43.0 Å². The fourth-order valence-electron chi connectivity index (χ4n) is 1.29. The van der Waals surface area contributed by atoms with Crippen molar-refractivity contribution in [2.45, 2.75) is 25.4 Å². The van der Waals surface area contributed by atoms with Crippen molar-refractivity contribution in [1.82, 2.24) is 0 Å². The molecule has 0 unspecified atom stereocenters. The Morgan fingerprint density at radius 3 is 2.62 bits per heavy atom. The maximum Gasteiger partial charge on any atom is 0.0577 e. The van der Waals surface area contributed by atoms with Crippen molar-refractivity contribution >= 4 is 0 Å². The average Bonchev–Trinajstić information content (AvgIpc) is 2.17. The topological polar surface area (TPSA) is 20.2 Å². The third-order valence-corrected chi connectivity index (χ3v) is 2.05. The quantitative estimate of drug-likeness (QED) is 0.683. The van der Waals surface area contributed by atoms with Gasteiger partial charge in [0.25, 0.3) is 0 Å². The average molecular weight is 176 g/mol. The highest BCUT2D eigenvalue weighted by molar-refractivity contribution is 5.14. The summed E-state index contributed by atoms with van der Waals surface area (Å²) in [5.41, 5.74) is 1.28. The summed E-state index contributed by atoms with van der Waals surface area (Å²) < 4.78 is 0. The zero-order valence-corrected chi connectivity index (χ0v) is 7.82. The van der Waals surface area contributed by atoms with Crippen molar-refractivity contribution in [2.24, 2.45) is 0 Å². The zero-order chi connectivity index (χ0) is 9.52. The molecule has 0 amide bonds. The highest BCUT2D eigenvalue weighted by Gasteiger charge is 2.01. The minimum absolute atomic E-state index is 0.238. The highest BCUT2D eigenvalue weighted by atomic mass is 16.3.